The lowest BCUT2D eigenvalue weighted by Gasteiger charge is -2.34. The van der Waals surface area contributed by atoms with Crippen LogP contribution in [-0.2, 0) is 12.8 Å². The van der Waals surface area contributed by atoms with Gasteiger partial charge in [-0.2, -0.15) is 0 Å². The van der Waals surface area contributed by atoms with Crippen molar-refractivity contribution in [1.29, 1.82) is 0 Å². The average molecular weight is 647 g/mol. The molecule has 9 nitrogen and oxygen atoms in total. The second-order valence-electron chi connectivity index (χ2n) is 14.9. The number of benzene rings is 1. The van der Waals surface area contributed by atoms with E-state index in [0.29, 0.717) is 35.4 Å². The standard InChI is InChI=1S/C36H50N6O3S/c1-36(2,3)27-8-9-29-26(19-27)20-31-34(39-29)46-35(40-31)33(45)38-30(13-17-42-15-11-28(43)12-16-42)24-6-5-7-25(18-24)32(44)37-21-23-10-14-41(4)22-23/h5-7,18,20,23,27-28,30,43H,8-17,19,21-22H2,1-4H3,(H,37,44)(H,38,45)/t23?,27-,30+/m0/s1. The second-order valence-corrected chi connectivity index (χ2v) is 15.9. The van der Waals surface area contributed by atoms with Crippen LogP contribution in [0.4, 0.5) is 0 Å². The number of nitrogens with zero attached hydrogens (tertiary/aromatic N) is 4. The summed E-state index contributed by atoms with van der Waals surface area (Å²) in [6.07, 6.45) is 6.18. The molecule has 1 unspecified atom stereocenters. The fourth-order valence-electron chi connectivity index (χ4n) is 7.27. The third-order valence-corrected chi connectivity index (χ3v) is 11.3. The normalized spacial score (nSPS) is 22.1. The molecule has 0 radical (unpaired) electrons. The second kappa shape index (κ2) is 14.1. The molecule has 0 spiro atoms. The number of hydrogen-bond acceptors (Lipinski definition) is 8. The number of carbonyl (C=O) groups excluding carboxylic acids is 2. The van der Waals surface area contributed by atoms with Crippen LogP contribution in [0.3, 0.4) is 0 Å². The Hall–Kier alpha value is -2.92. The molecule has 6 rings (SSSR count). The molecule has 2 amide bonds. The molecule has 2 fully saturated rings. The van der Waals surface area contributed by atoms with E-state index in [1.807, 2.05) is 24.3 Å². The highest BCUT2D eigenvalue weighted by Crippen LogP contribution is 2.38. The van der Waals surface area contributed by atoms with Crippen molar-refractivity contribution in [1.82, 2.24) is 30.4 Å². The lowest BCUT2D eigenvalue weighted by Crippen LogP contribution is -2.38. The van der Waals surface area contributed by atoms with Crippen molar-refractivity contribution in [3.05, 3.63) is 57.7 Å². The average Bonchev–Trinajstić information content (AvgIpc) is 3.66. The number of carbonyl (C=O) groups is 2. The molecule has 2 aliphatic heterocycles. The smallest absolute Gasteiger partial charge is 0.280 e. The first-order valence-corrected chi connectivity index (χ1v) is 17.9. The van der Waals surface area contributed by atoms with Crippen molar-refractivity contribution in [2.75, 3.05) is 46.3 Å². The summed E-state index contributed by atoms with van der Waals surface area (Å²) in [6, 6.07) is 9.51. The molecular weight excluding hydrogens is 597 g/mol. The van der Waals surface area contributed by atoms with Crippen LogP contribution in [0.5, 0.6) is 0 Å². The zero-order valence-corrected chi connectivity index (χ0v) is 28.7. The van der Waals surface area contributed by atoms with Crippen LogP contribution in [0.2, 0.25) is 0 Å². The minimum atomic E-state index is -0.295. The zero-order chi connectivity index (χ0) is 32.4. The van der Waals surface area contributed by atoms with Gasteiger partial charge in [0, 0.05) is 44.0 Å². The molecule has 46 heavy (non-hydrogen) atoms. The summed E-state index contributed by atoms with van der Waals surface area (Å²) in [6.45, 7) is 12.1. The summed E-state index contributed by atoms with van der Waals surface area (Å²) < 4.78 is 0. The van der Waals surface area contributed by atoms with E-state index in [1.54, 1.807) is 0 Å². The molecule has 2 saturated heterocycles. The number of hydrogen-bond donors (Lipinski definition) is 3. The van der Waals surface area contributed by atoms with E-state index >= 15 is 0 Å². The van der Waals surface area contributed by atoms with Crippen molar-refractivity contribution in [3.8, 4) is 0 Å². The van der Waals surface area contributed by atoms with Gasteiger partial charge < -0.3 is 25.5 Å². The van der Waals surface area contributed by atoms with Crippen molar-refractivity contribution in [2.45, 2.75) is 77.9 Å². The number of pyridine rings is 1. The van der Waals surface area contributed by atoms with Gasteiger partial charge in [-0.3, -0.25) is 9.59 Å². The maximum Gasteiger partial charge on any atom is 0.280 e. The van der Waals surface area contributed by atoms with E-state index in [2.05, 4.69) is 54.3 Å². The zero-order valence-electron chi connectivity index (χ0n) is 27.8. The van der Waals surface area contributed by atoms with Gasteiger partial charge in [-0.05, 0) is 105 Å². The Kier molecular flexibility index (Phi) is 10.1. The lowest BCUT2D eigenvalue weighted by molar-refractivity contribution is 0.0795. The van der Waals surface area contributed by atoms with Crippen LogP contribution >= 0.6 is 11.3 Å². The van der Waals surface area contributed by atoms with Gasteiger partial charge in [0.15, 0.2) is 5.01 Å². The summed E-state index contributed by atoms with van der Waals surface area (Å²) in [7, 11) is 2.12. The van der Waals surface area contributed by atoms with Crippen molar-refractivity contribution >= 4 is 33.5 Å². The Balaban J connectivity index is 1.18. The highest BCUT2D eigenvalue weighted by molar-refractivity contribution is 7.19. The van der Waals surface area contributed by atoms with Gasteiger partial charge in [-0.25, -0.2) is 9.97 Å². The van der Waals surface area contributed by atoms with Crippen LogP contribution in [0.25, 0.3) is 10.3 Å². The Bertz CT molecular complexity index is 1540. The highest BCUT2D eigenvalue weighted by atomic mass is 32.1. The molecule has 10 heteroatoms. The quantitative estimate of drug-likeness (QED) is 0.305. The Morgan fingerprint density at radius 2 is 1.87 bits per heavy atom. The first kappa shape index (κ1) is 33.0. The van der Waals surface area contributed by atoms with E-state index in [4.69, 9.17) is 9.97 Å². The molecule has 3 aliphatic rings. The maximum atomic E-state index is 13.8. The van der Waals surface area contributed by atoms with E-state index in [1.165, 1.54) is 16.9 Å². The number of nitrogens with one attached hydrogen (secondary N) is 2. The molecule has 3 aromatic rings. The van der Waals surface area contributed by atoms with Gasteiger partial charge in [-0.1, -0.05) is 44.2 Å². The monoisotopic (exact) mass is 646 g/mol. The summed E-state index contributed by atoms with van der Waals surface area (Å²) in [5.41, 5.74) is 4.94. The Morgan fingerprint density at radius 3 is 2.61 bits per heavy atom. The molecule has 1 aliphatic carbocycles. The fourth-order valence-corrected chi connectivity index (χ4v) is 8.12. The molecule has 2 aromatic heterocycles. The van der Waals surface area contributed by atoms with Crippen LogP contribution in [-0.4, -0.2) is 89.1 Å². The molecule has 4 heterocycles. The number of thiazole rings is 1. The number of aliphatic hydroxyl groups is 1. The van der Waals surface area contributed by atoms with Crippen LogP contribution < -0.4 is 10.6 Å². The fraction of sp³-hybridized carbons (Fsp3) is 0.611. The first-order valence-electron chi connectivity index (χ1n) is 17.1. The molecule has 3 N–H and O–H groups in total. The van der Waals surface area contributed by atoms with E-state index in [0.717, 1.165) is 92.9 Å². The van der Waals surface area contributed by atoms with Crippen molar-refractivity contribution < 1.29 is 14.7 Å². The largest absolute Gasteiger partial charge is 0.393 e. The summed E-state index contributed by atoms with van der Waals surface area (Å²) in [5, 5.41) is 16.8. The minimum absolute atomic E-state index is 0.0820. The van der Waals surface area contributed by atoms with Gasteiger partial charge >= 0.3 is 0 Å². The Labute approximate surface area is 277 Å². The molecular formula is C36H50N6O3S. The molecule has 0 bridgehead atoms. The predicted octanol–water partition coefficient (Wildman–Crippen LogP) is 4.84. The third kappa shape index (κ3) is 7.95. The number of rotatable bonds is 9. The minimum Gasteiger partial charge on any atom is -0.393 e. The summed E-state index contributed by atoms with van der Waals surface area (Å²) >= 11 is 1.35. The van der Waals surface area contributed by atoms with E-state index in [-0.39, 0.29) is 29.4 Å². The maximum absolute atomic E-state index is 13.8. The highest BCUT2D eigenvalue weighted by Gasteiger charge is 2.30. The number of fused-ring (bicyclic) bond motifs is 2. The third-order valence-electron chi connectivity index (χ3n) is 10.4. The molecule has 0 saturated carbocycles. The summed E-state index contributed by atoms with van der Waals surface area (Å²) in [5.74, 6) is 0.780. The predicted molar refractivity (Wildman–Crippen MR) is 183 cm³/mol. The molecule has 248 valence electrons. The molecule has 3 atom stereocenters. The van der Waals surface area contributed by atoms with Gasteiger partial charge in [-0.15, -0.1) is 0 Å². The number of aromatic nitrogens is 2. The summed E-state index contributed by atoms with van der Waals surface area (Å²) in [4.78, 5) is 42.1. The van der Waals surface area contributed by atoms with Crippen molar-refractivity contribution in [2.24, 2.45) is 17.3 Å². The van der Waals surface area contributed by atoms with Crippen LogP contribution in [0, 0.1) is 17.3 Å². The SMILES string of the molecule is CN1CCC(CNC(=O)c2cccc([C@@H](CCN3CCC(O)CC3)NC(=O)c3nc4cc5c(nc4s3)CC[C@H](C(C)(C)C)C5)c2)C1. The van der Waals surface area contributed by atoms with Crippen LogP contribution in [0.1, 0.15) is 95.9 Å². The number of piperidine rings is 1. The van der Waals surface area contributed by atoms with Gasteiger partial charge in [0.25, 0.3) is 11.8 Å². The van der Waals surface area contributed by atoms with Gasteiger partial charge in [0.05, 0.1) is 12.1 Å². The Morgan fingerprint density at radius 1 is 1.07 bits per heavy atom. The van der Waals surface area contributed by atoms with E-state index in [9.17, 15) is 14.7 Å². The van der Waals surface area contributed by atoms with Gasteiger partial charge in [0.2, 0.25) is 0 Å². The number of likely N-dealkylation sites (tertiary alicyclic amines) is 2. The van der Waals surface area contributed by atoms with Crippen LogP contribution in [0.15, 0.2) is 30.3 Å². The number of aryl methyl sites for hydroxylation is 1. The topological polar surface area (TPSA) is 111 Å². The number of amides is 2. The van der Waals surface area contributed by atoms with Gasteiger partial charge in [0.1, 0.15) is 10.3 Å². The number of aliphatic hydroxyl groups excluding tert-OH is 1. The first-order chi connectivity index (χ1) is 22.0. The lowest BCUT2D eigenvalue weighted by atomic mass is 9.71. The van der Waals surface area contributed by atoms with Crippen molar-refractivity contribution in [3.63, 3.8) is 0 Å². The molecule has 1 aromatic carbocycles. The van der Waals surface area contributed by atoms with E-state index < -0.39 is 0 Å².